The molecule has 1 fully saturated rings. The third-order valence-corrected chi connectivity index (χ3v) is 7.03. The Hall–Kier alpha value is -1.80. The van der Waals surface area contributed by atoms with Crippen LogP contribution in [-0.4, -0.2) is 63.3 Å². The lowest BCUT2D eigenvalue weighted by Gasteiger charge is -2.36. The molecule has 1 aliphatic rings. The molecule has 1 aliphatic heterocycles. The number of benzene rings is 2. The second kappa shape index (κ2) is 8.69. The fraction of sp³-hybridized carbons (Fsp3) is 0.316. The Morgan fingerprint density at radius 1 is 0.929 bits per heavy atom. The number of anilines is 1. The molecule has 1 saturated heterocycles. The van der Waals surface area contributed by atoms with Crippen LogP contribution in [0.4, 0.5) is 5.69 Å². The molecule has 6 nitrogen and oxygen atoms in total. The van der Waals surface area contributed by atoms with Crippen molar-refractivity contribution in [2.45, 2.75) is 4.90 Å². The van der Waals surface area contributed by atoms with Gasteiger partial charge in [0.15, 0.2) is 0 Å². The van der Waals surface area contributed by atoms with E-state index in [0.717, 1.165) is 9.99 Å². The maximum Gasteiger partial charge on any atom is 0.243 e. The van der Waals surface area contributed by atoms with Crippen molar-refractivity contribution in [2.24, 2.45) is 0 Å². The number of nitrogens with zero attached hydrogens (tertiary/aromatic N) is 3. The van der Waals surface area contributed by atoms with Crippen molar-refractivity contribution in [2.75, 3.05) is 44.7 Å². The first kappa shape index (κ1) is 20.9. The van der Waals surface area contributed by atoms with Crippen LogP contribution in [0.2, 0.25) is 10.0 Å². The topological polar surface area (TPSA) is 60.9 Å². The van der Waals surface area contributed by atoms with Crippen molar-refractivity contribution in [1.29, 1.82) is 0 Å². The number of halogens is 2. The minimum Gasteiger partial charge on any atom is -0.368 e. The van der Waals surface area contributed by atoms with E-state index in [0.29, 0.717) is 36.2 Å². The van der Waals surface area contributed by atoms with E-state index in [4.69, 9.17) is 23.2 Å². The number of amides is 1. The molecule has 0 aromatic heterocycles. The molecule has 0 N–H and O–H groups in total. The number of carbonyl (C=O) groups is 1. The molecule has 0 spiro atoms. The highest BCUT2D eigenvalue weighted by atomic mass is 35.5. The Morgan fingerprint density at radius 2 is 1.43 bits per heavy atom. The molecule has 2 aromatic carbocycles. The molecule has 28 heavy (non-hydrogen) atoms. The zero-order chi connectivity index (χ0) is 20.3. The summed E-state index contributed by atoms with van der Waals surface area (Å²) in [5, 5.41) is 1.14. The fourth-order valence-electron chi connectivity index (χ4n) is 3.03. The average molecular weight is 442 g/mol. The van der Waals surface area contributed by atoms with Crippen molar-refractivity contribution in [1.82, 2.24) is 9.21 Å². The Bertz CT molecular complexity index is 926. The van der Waals surface area contributed by atoms with Crippen LogP contribution in [0.25, 0.3) is 0 Å². The van der Waals surface area contributed by atoms with Crippen LogP contribution in [0, 0.1) is 0 Å². The largest absolute Gasteiger partial charge is 0.368 e. The van der Waals surface area contributed by atoms with Crippen molar-refractivity contribution in [3.05, 3.63) is 58.6 Å². The summed E-state index contributed by atoms with van der Waals surface area (Å²) in [4.78, 5) is 16.6. The molecule has 9 heteroatoms. The Balaban J connectivity index is 1.58. The molecule has 0 atom stereocenters. The van der Waals surface area contributed by atoms with E-state index in [-0.39, 0.29) is 17.3 Å². The summed E-state index contributed by atoms with van der Waals surface area (Å²) in [5.41, 5.74) is 1.05. The van der Waals surface area contributed by atoms with E-state index in [1.54, 1.807) is 4.90 Å². The fourth-order valence-corrected chi connectivity index (χ4v) is 4.40. The standard InChI is InChI=1S/C19H21Cl2N3O3S/c1-22(28(26,27)18-8-4-16(21)5-9-18)14-19(25)24-12-10-23(11-13-24)17-6-2-15(20)3-7-17/h2-9H,10-14H2,1H3. The first-order chi connectivity index (χ1) is 13.3. The molecule has 0 unspecified atom stereocenters. The Kier molecular flexibility index (Phi) is 6.50. The first-order valence-electron chi connectivity index (χ1n) is 8.77. The van der Waals surface area contributed by atoms with Gasteiger partial charge in [0.25, 0.3) is 0 Å². The summed E-state index contributed by atoms with van der Waals surface area (Å²) in [5.74, 6) is -0.212. The summed E-state index contributed by atoms with van der Waals surface area (Å²) in [7, 11) is -2.33. The van der Waals surface area contributed by atoms with Crippen LogP contribution >= 0.6 is 23.2 Å². The maximum absolute atomic E-state index is 12.6. The summed E-state index contributed by atoms with van der Waals surface area (Å²) in [6.07, 6.45) is 0. The van der Waals surface area contributed by atoms with E-state index in [1.807, 2.05) is 24.3 Å². The van der Waals surface area contributed by atoms with Gasteiger partial charge in [-0.15, -0.1) is 0 Å². The van der Waals surface area contributed by atoms with Crippen molar-refractivity contribution >= 4 is 44.8 Å². The zero-order valence-corrected chi connectivity index (χ0v) is 17.7. The summed E-state index contributed by atoms with van der Waals surface area (Å²) < 4.78 is 26.3. The smallest absolute Gasteiger partial charge is 0.243 e. The van der Waals surface area contributed by atoms with Gasteiger partial charge in [0.2, 0.25) is 15.9 Å². The highest BCUT2D eigenvalue weighted by Gasteiger charge is 2.27. The number of carbonyl (C=O) groups excluding carboxylic acids is 1. The van der Waals surface area contributed by atoms with Crippen LogP contribution in [0.5, 0.6) is 0 Å². The van der Waals surface area contributed by atoms with Gasteiger partial charge in [0.05, 0.1) is 11.4 Å². The first-order valence-corrected chi connectivity index (χ1v) is 11.0. The normalized spacial score (nSPS) is 15.1. The molecule has 0 radical (unpaired) electrons. The van der Waals surface area contributed by atoms with Crippen LogP contribution in [0.15, 0.2) is 53.4 Å². The average Bonchev–Trinajstić information content (AvgIpc) is 2.69. The SMILES string of the molecule is CN(CC(=O)N1CCN(c2ccc(Cl)cc2)CC1)S(=O)(=O)c1ccc(Cl)cc1. The third kappa shape index (κ3) is 4.78. The van der Waals surface area contributed by atoms with Gasteiger partial charge in [0, 0.05) is 49.0 Å². The van der Waals surface area contributed by atoms with Crippen molar-refractivity contribution in [3.8, 4) is 0 Å². The summed E-state index contributed by atoms with van der Waals surface area (Å²) >= 11 is 11.7. The molecule has 1 heterocycles. The maximum atomic E-state index is 12.6. The van der Waals surface area contributed by atoms with Gasteiger partial charge >= 0.3 is 0 Å². The predicted octanol–water partition coefficient (Wildman–Crippen LogP) is 2.96. The monoisotopic (exact) mass is 441 g/mol. The van der Waals surface area contributed by atoms with E-state index >= 15 is 0 Å². The van der Waals surface area contributed by atoms with E-state index in [2.05, 4.69) is 4.90 Å². The van der Waals surface area contributed by atoms with Gasteiger partial charge < -0.3 is 9.80 Å². The molecule has 2 aromatic rings. The molecule has 0 saturated carbocycles. The lowest BCUT2D eigenvalue weighted by atomic mass is 10.2. The number of rotatable bonds is 5. The zero-order valence-electron chi connectivity index (χ0n) is 15.4. The van der Waals surface area contributed by atoms with Crippen LogP contribution in [-0.2, 0) is 14.8 Å². The van der Waals surface area contributed by atoms with E-state index < -0.39 is 10.0 Å². The molecule has 150 valence electrons. The molecule has 3 rings (SSSR count). The van der Waals surface area contributed by atoms with Crippen molar-refractivity contribution < 1.29 is 13.2 Å². The predicted molar refractivity (Wildman–Crippen MR) is 112 cm³/mol. The van der Waals surface area contributed by atoms with Gasteiger partial charge in [0.1, 0.15) is 0 Å². The molecular formula is C19H21Cl2N3O3S. The van der Waals surface area contributed by atoms with Crippen LogP contribution in [0.3, 0.4) is 0 Å². The molecular weight excluding hydrogens is 421 g/mol. The Labute approximate surface area is 175 Å². The minimum atomic E-state index is -3.74. The Morgan fingerprint density at radius 3 is 1.96 bits per heavy atom. The third-order valence-electron chi connectivity index (χ3n) is 4.70. The minimum absolute atomic E-state index is 0.111. The highest BCUT2D eigenvalue weighted by Crippen LogP contribution is 2.20. The number of piperazine rings is 1. The van der Waals surface area contributed by atoms with Crippen LogP contribution in [0.1, 0.15) is 0 Å². The summed E-state index contributed by atoms with van der Waals surface area (Å²) in [6, 6.07) is 13.5. The van der Waals surface area contributed by atoms with Gasteiger partial charge in [-0.25, -0.2) is 8.42 Å². The number of sulfonamides is 1. The molecule has 1 amide bonds. The van der Waals surface area contributed by atoms with Crippen LogP contribution < -0.4 is 4.90 Å². The van der Waals surface area contributed by atoms with Gasteiger partial charge in [-0.05, 0) is 48.5 Å². The van der Waals surface area contributed by atoms with E-state index in [1.165, 1.54) is 31.3 Å². The number of likely N-dealkylation sites (N-methyl/N-ethyl adjacent to an activating group) is 1. The molecule has 0 aliphatic carbocycles. The lowest BCUT2D eigenvalue weighted by molar-refractivity contribution is -0.131. The second-order valence-corrected chi connectivity index (χ2v) is 9.48. The number of hydrogen-bond donors (Lipinski definition) is 0. The highest BCUT2D eigenvalue weighted by molar-refractivity contribution is 7.89. The second-order valence-electron chi connectivity index (χ2n) is 6.56. The summed E-state index contributed by atoms with van der Waals surface area (Å²) in [6.45, 7) is 2.24. The number of hydrogen-bond acceptors (Lipinski definition) is 4. The van der Waals surface area contributed by atoms with E-state index in [9.17, 15) is 13.2 Å². The quantitative estimate of drug-likeness (QED) is 0.715. The van der Waals surface area contributed by atoms with Gasteiger partial charge in [-0.1, -0.05) is 23.2 Å². The lowest BCUT2D eigenvalue weighted by Crippen LogP contribution is -2.51. The van der Waals surface area contributed by atoms with Gasteiger partial charge in [-0.2, -0.15) is 4.31 Å². The van der Waals surface area contributed by atoms with Gasteiger partial charge in [-0.3, -0.25) is 4.79 Å². The molecule has 0 bridgehead atoms. The van der Waals surface area contributed by atoms with Crippen molar-refractivity contribution in [3.63, 3.8) is 0 Å².